The third-order valence-electron chi connectivity index (χ3n) is 3.88. The SMILES string of the molecule is CN(C)CCc1c[nH]c2ccc(C[C@H]3COC(=O)N3)cc12.O. The van der Waals surface area contributed by atoms with Gasteiger partial charge in [-0.25, -0.2) is 4.79 Å². The van der Waals surface area contributed by atoms with E-state index in [9.17, 15) is 4.79 Å². The van der Waals surface area contributed by atoms with E-state index < -0.39 is 0 Å². The minimum atomic E-state index is -0.311. The van der Waals surface area contributed by atoms with E-state index in [0.717, 1.165) is 19.4 Å². The Labute approximate surface area is 129 Å². The van der Waals surface area contributed by atoms with Gasteiger partial charge >= 0.3 is 6.09 Å². The van der Waals surface area contributed by atoms with Crippen molar-refractivity contribution in [1.82, 2.24) is 15.2 Å². The molecule has 3 rings (SSSR count). The molecule has 22 heavy (non-hydrogen) atoms. The molecule has 6 nitrogen and oxygen atoms in total. The molecule has 0 spiro atoms. The van der Waals surface area contributed by atoms with Gasteiger partial charge in [0.25, 0.3) is 0 Å². The number of H-pyrrole nitrogens is 1. The van der Waals surface area contributed by atoms with Crippen LogP contribution in [0.5, 0.6) is 0 Å². The highest BCUT2D eigenvalue weighted by Gasteiger charge is 2.22. The first-order valence-electron chi connectivity index (χ1n) is 7.29. The van der Waals surface area contributed by atoms with Crippen LogP contribution in [0.2, 0.25) is 0 Å². The summed E-state index contributed by atoms with van der Waals surface area (Å²) >= 11 is 0. The average molecular weight is 305 g/mol. The van der Waals surface area contributed by atoms with Gasteiger partial charge in [-0.3, -0.25) is 0 Å². The number of hydrogen-bond donors (Lipinski definition) is 2. The van der Waals surface area contributed by atoms with Crippen LogP contribution >= 0.6 is 0 Å². The molecule has 0 unspecified atom stereocenters. The average Bonchev–Trinajstić information content (AvgIpc) is 3.03. The smallest absolute Gasteiger partial charge is 0.407 e. The number of likely N-dealkylation sites (N-methyl/N-ethyl adjacent to an activating group) is 1. The van der Waals surface area contributed by atoms with Crippen LogP contribution in [-0.4, -0.2) is 54.7 Å². The van der Waals surface area contributed by atoms with Crippen molar-refractivity contribution >= 4 is 17.0 Å². The minimum Gasteiger partial charge on any atom is -0.447 e. The van der Waals surface area contributed by atoms with Gasteiger partial charge in [0.05, 0.1) is 6.04 Å². The molecule has 1 aliphatic heterocycles. The molecule has 1 saturated heterocycles. The lowest BCUT2D eigenvalue weighted by Gasteiger charge is -2.09. The standard InChI is InChI=1S/C16H21N3O2.H2O/c1-19(2)6-5-12-9-17-15-4-3-11(8-14(12)15)7-13-10-21-16(20)18-13;/h3-4,8-9,13,17H,5-7,10H2,1-2H3,(H,18,20);1H2/t13-;/m0./s1. The Balaban J connectivity index is 0.00000176. The highest BCUT2D eigenvalue weighted by molar-refractivity contribution is 5.84. The number of aromatic nitrogens is 1. The third kappa shape index (κ3) is 3.58. The monoisotopic (exact) mass is 305 g/mol. The molecular formula is C16H23N3O3. The zero-order chi connectivity index (χ0) is 14.8. The van der Waals surface area contributed by atoms with E-state index in [1.807, 2.05) is 0 Å². The molecule has 120 valence electrons. The molecule has 1 aromatic heterocycles. The van der Waals surface area contributed by atoms with Crippen LogP contribution in [-0.2, 0) is 17.6 Å². The maximum absolute atomic E-state index is 11.1. The Bertz CT molecular complexity index is 651. The molecule has 0 aliphatic carbocycles. The van der Waals surface area contributed by atoms with Crippen LogP contribution in [0.25, 0.3) is 10.9 Å². The van der Waals surface area contributed by atoms with Crippen molar-refractivity contribution in [3.8, 4) is 0 Å². The number of cyclic esters (lactones) is 1. The number of aromatic amines is 1. The van der Waals surface area contributed by atoms with Crippen LogP contribution in [0.3, 0.4) is 0 Å². The summed E-state index contributed by atoms with van der Waals surface area (Å²) in [5, 5.41) is 4.10. The number of hydrogen-bond acceptors (Lipinski definition) is 3. The van der Waals surface area contributed by atoms with Gasteiger partial charge in [-0.05, 0) is 50.2 Å². The van der Waals surface area contributed by atoms with Crippen molar-refractivity contribution in [3.63, 3.8) is 0 Å². The lowest BCUT2D eigenvalue weighted by atomic mass is 10.0. The largest absolute Gasteiger partial charge is 0.447 e. The second-order valence-electron chi connectivity index (χ2n) is 5.89. The number of nitrogens with one attached hydrogen (secondary N) is 2. The number of nitrogens with zero attached hydrogens (tertiary/aromatic N) is 1. The van der Waals surface area contributed by atoms with E-state index in [0.29, 0.717) is 6.61 Å². The number of amides is 1. The van der Waals surface area contributed by atoms with E-state index in [1.165, 1.54) is 22.0 Å². The number of rotatable bonds is 5. The summed E-state index contributed by atoms with van der Waals surface area (Å²) in [7, 11) is 4.17. The van der Waals surface area contributed by atoms with Gasteiger partial charge in [0.15, 0.2) is 0 Å². The lowest BCUT2D eigenvalue weighted by molar-refractivity contribution is 0.177. The number of fused-ring (bicyclic) bond motifs is 1. The molecule has 2 aromatic rings. The van der Waals surface area contributed by atoms with E-state index in [4.69, 9.17) is 4.74 Å². The second kappa shape index (κ2) is 6.81. The van der Waals surface area contributed by atoms with Crippen LogP contribution in [0, 0.1) is 0 Å². The van der Waals surface area contributed by atoms with Crippen molar-refractivity contribution in [1.29, 1.82) is 0 Å². The lowest BCUT2D eigenvalue weighted by Crippen LogP contribution is -2.28. The van der Waals surface area contributed by atoms with E-state index >= 15 is 0 Å². The molecule has 1 fully saturated rings. The Morgan fingerprint density at radius 1 is 1.36 bits per heavy atom. The number of carbonyl (C=O) groups is 1. The molecule has 4 N–H and O–H groups in total. The van der Waals surface area contributed by atoms with Gasteiger partial charge in [-0.15, -0.1) is 0 Å². The van der Waals surface area contributed by atoms with Gasteiger partial charge in [0.2, 0.25) is 0 Å². The fraction of sp³-hybridized carbons (Fsp3) is 0.438. The van der Waals surface area contributed by atoms with E-state index in [-0.39, 0.29) is 17.6 Å². The van der Waals surface area contributed by atoms with Gasteiger partial charge in [0.1, 0.15) is 6.61 Å². The fourth-order valence-corrected chi connectivity index (χ4v) is 2.72. The van der Waals surface area contributed by atoms with Gasteiger partial charge in [-0.1, -0.05) is 6.07 Å². The van der Waals surface area contributed by atoms with Gasteiger partial charge in [-0.2, -0.15) is 0 Å². The molecule has 6 heteroatoms. The maximum Gasteiger partial charge on any atom is 0.407 e. The molecule has 0 saturated carbocycles. The first-order chi connectivity index (χ1) is 10.1. The molecule has 1 atom stereocenters. The molecule has 1 aromatic carbocycles. The highest BCUT2D eigenvalue weighted by atomic mass is 16.6. The zero-order valence-corrected chi connectivity index (χ0v) is 13.0. The molecule has 1 amide bonds. The van der Waals surface area contributed by atoms with Crippen molar-refractivity contribution in [3.05, 3.63) is 35.5 Å². The van der Waals surface area contributed by atoms with Crippen LogP contribution in [0.15, 0.2) is 24.4 Å². The summed E-state index contributed by atoms with van der Waals surface area (Å²) in [5.74, 6) is 0. The Kier molecular flexibility index (Phi) is 5.05. The summed E-state index contributed by atoms with van der Waals surface area (Å²) in [6.45, 7) is 1.49. The Morgan fingerprint density at radius 2 is 2.18 bits per heavy atom. The summed E-state index contributed by atoms with van der Waals surface area (Å²) in [6.07, 6.45) is 3.62. The van der Waals surface area contributed by atoms with Crippen LogP contribution in [0.4, 0.5) is 4.79 Å². The molecule has 0 radical (unpaired) electrons. The van der Waals surface area contributed by atoms with Gasteiger partial charge < -0.3 is 25.4 Å². The normalized spacial score (nSPS) is 17.4. The van der Waals surface area contributed by atoms with Crippen molar-refractivity contribution in [2.45, 2.75) is 18.9 Å². The van der Waals surface area contributed by atoms with Crippen molar-refractivity contribution in [2.24, 2.45) is 0 Å². The molecule has 2 heterocycles. The summed E-state index contributed by atoms with van der Waals surface area (Å²) in [5.41, 5.74) is 3.73. The van der Waals surface area contributed by atoms with E-state index in [1.54, 1.807) is 0 Å². The first-order valence-corrected chi connectivity index (χ1v) is 7.29. The first kappa shape index (κ1) is 16.3. The topological polar surface area (TPSA) is 88.9 Å². The number of ether oxygens (including phenoxy) is 1. The summed E-state index contributed by atoms with van der Waals surface area (Å²) < 4.78 is 4.94. The number of carbonyl (C=O) groups excluding carboxylic acids is 1. The number of alkyl carbamates (subject to hydrolysis) is 1. The maximum atomic E-state index is 11.1. The summed E-state index contributed by atoms with van der Waals surface area (Å²) in [6, 6.07) is 6.53. The third-order valence-corrected chi connectivity index (χ3v) is 3.88. The highest BCUT2D eigenvalue weighted by Crippen LogP contribution is 2.21. The van der Waals surface area contributed by atoms with E-state index in [2.05, 4.69) is 53.7 Å². The summed E-state index contributed by atoms with van der Waals surface area (Å²) in [4.78, 5) is 16.6. The number of benzene rings is 1. The van der Waals surface area contributed by atoms with Gasteiger partial charge in [0, 0.05) is 23.6 Å². The minimum absolute atomic E-state index is 0. The fourth-order valence-electron chi connectivity index (χ4n) is 2.72. The Morgan fingerprint density at radius 3 is 2.86 bits per heavy atom. The molecule has 0 bridgehead atoms. The Hall–Kier alpha value is -2.05. The van der Waals surface area contributed by atoms with Crippen molar-refractivity contribution in [2.75, 3.05) is 27.2 Å². The quantitative estimate of drug-likeness (QED) is 0.867. The van der Waals surface area contributed by atoms with Crippen molar-refractivity contribution < 1.29 is 15.0 Å². The predicted molar refractivity (Wildman–Crippen MR) is 86.1 cm³/mol. The van der Waals surface area contributed by atoms with Crippen LogP contribution in [0.1, 0.15) is 11.1 Å². The molecule has 1 aliphatic rings. The van der Waals surface area contributed by atoms with Crippen LogP contribution < -0.4 is 5.32 Å². The predicted octanol–water partition coefficient (Wildman–Crippen LogP) is 1.10. The zero-order valence-electron chi connectivity index (χ0n) is 13.0. The molecular weight excluding hydrogens is 282 g/mol. The second-order valence-corrected chi connectivity index (χ2v) is 5.89.